The van der Waals surface area contributed by atoms with Gasteiger partial charge in [0, 0.05) is 0 Å². The summed E-state index contributed by atoms with van der Waals surface area (Å²) in [4.78, 5) is 0. The number of benzene rings is 3. The van der Waals surface area contributed by atoms with Gasteiger partial charge in [0.05, 0.1) is 0 Å². The Morgan fingerprint density at radius 3 is 2.42 bits per heavy atom. The van der Waals surface area contributed by atoms with Gasteiger partial charge in [-0.25, -0.2) is 0 Å². The average molecular weight is 246 g/mol. The molecule has 0 nitrogen and oxygen atoms in total. The SMILES string of the molecule is Cc1ccc2ccc3c4c(c(C)cc3c2c1)CCC4. The van der Waals surface area contributed by atoms with Crippen LogP contribution in [0.15, 0.2) is 36.4 Å². The van der Waals surface area contributed by atoms with Crippen LogP contribution in [0.5, 0.6) is 0 Å². The molecule has 1 aliphatic rings. The van der Waals surface area contributed by atoms with Crippen molar-refractivity contribution < 1.29 is 0 Å². The van der Waals surface area contributed by atoms with Crippen LogP contribution in [0.25, 0.3) is 21.5 Å². The second-order valence-corrected chi connectivity index (χ2v) is 5.89. The molecular formula is C19H18. The van der Waals surface area contributed by atoms with Gasteiger partial charge in [-0.05, 0) is 71.3 Å². The molecule has 0 radical (unpaired) electrons. The maximum absolute atomic E-state index is 2.40. The molecule has 0 spiro atoms. The first kappa shape index (κ1) is 11.0. The number of fused-ring (bicyclic) bond motifs is 5. The lowest BCUT2D eigenvalue weighted by molar-refractivity contribution is 0.911. The summed E-state index contributed by atoms with van der Waals surface area (Å²) in [5, 5.41) is 5.70. The van der Waals surface area contributed by atoms with Crippen LogP contribution in [0.3, 0.4) is 0 Å². The van der Waals surface area contributed by atoms with Gasteiger partial charge >= 0.3 is 0 Å². The molecule has 3 aromatic rings. The van der Waals surface area contributed by atoms with E-state index in [1.165, 1.54) is 51.9 Å². The summed E-state index contributed by atoms with van der Waals surface area (Å²) in [6, 6.07) is 13.8. The summed E-state index contributed by atoms with van der Waals surface area (Å²) in [6.45, 7) is 4.46. The van der Waals surface area contributed by atoms with E-state index in [1.54, 1.807) is 11.1 Å². The lowest BCUT2D eigenvalue weighted by Gasteiger charge is -2.12. The number of aryl methyl sites for hydroxylation is 3. The third kappa shape index (κ3) is 1.53. The van der Waals surface area contributed by atoms with E-state index in [0.717, 1.165) is 0 Å². The van der Waals surface area contributed by atoms with Gasteiger partial charge in [0.2, 0.25) is 0 Å². The van der Waals surface area contributed by atoms with Crippen molar-refractivity contribution in [1.29, 1.82) is 0 Å². The minimum Gasteiger partial charge on any atom is -0.0587 e. The van der Waals surface area contributed by atoms with Crippen LogP contribution in [0.4, 0.5) is 0 Å². The number of rotatable bonds is 0. The lowest BCUT2D eigenvalue weighted by Crippen LogP contribution is -1.91. The van der Waals surface area contributed by atoms with E-state index >= 15 is 0 Å². The molecule has 1 aliphatic carbocycles. The summed E-state index contributed by atoms with van der Waals surface area (Å²) >= 11 is 0. The monoisotopic (exact) mass is 246 g/mol. The zero-order chi connectivity index (χ0) is 13.0. The van der Waals surface area contributed by atoms with Gasteiger partial charge in [0.15, 0.2) is 0 Å². The molecule has 0 N–H and O–H groups in total. The van der Waals surface area contributed by atoms with Crippen molar-refractivity contribution in [1.82, 2.24) is 0 Å². The van der Waals surface area contributed by atoms with E-state index in [0.29, 0.717) is 0 Å². The van der Waals surface area contributed by atoms with Crippen molar-refractivity contribution in [3.63, 3.8) is 0 Å². The van der Waals surface area contributed by atoms with Gasteiger partial charge in [0.1, 0.15) is 0 Å². The first-order chi connectivity index (χ1) is 9.24. The minimum absolute atomic E-state index is 1.25. The second kappa shape index (κ2) is 3.84. The normalized spacial score (nSPS) is 14.2. The van der Waals surface area contributed by atoms with Gasteiger partial charge in [-0.2, -0.15) is 0 Å². The molecule has 0 heterocycles. The van der Waals surface area contributed by atoms with Crippen LogP contribution in [0.2, 0.25) is 0 Å². The largest absolute Gasteiger partial charge is 0.0587 e. The molecule has 0 atom stereocenters. The molecule has 4 rings (SSSR count). The highest BCUT2D eigenvalue weighted by atomic mass is 14.2. The molecule has 94 valence electrons. The van der Waals surface area contributed by atoms with Crippen LogP contribution < -0.4 is 0 Å². The fraction of sp³-hybridized carbons (Fsp3) is 0.263. The predicted octanol–water partition coefficient (Wildman–Crippen LogP) is 5.10. The Kier molecular flexibility index (Phi) is 2.23. The summed E-state index contributed by atoms with van der Waals surface area (Å²) in [6.07, 6.45) is 3.84. The molecule has 0 saturated heterocycles. The smallest absolute Gasteiger partial charge is 0.00997 e. The highest BCUT2D eigenvalue weighted by Crippen LogP contribution is 2.36. The highest BCUT2D eigenvalue weighted by molar-refractivity contribution is 6.09. The van der Waals surface area contributed by atoms with Crippen LogP contribution in [-0.4, -0.2) is 0 Å². The standard InChI is InChI=1S/C19H18/c1-12-6-7-14-8-9-17-16-5-3-4-15(16)13(2)11-19(17)18(14)10-12/h6-11H,3-5H2,1-2H3. The molecule has 0 amide bonds. The third-order valence-electron chi connectivity index (χ3n) is 4.60. The third-order valence-corrected chi connectivity index (χ3v) is 4.60. The predicted molar refractivity (Wildman–Crippen MR) is 83.0 cm³/mol. The van der Waals surface area contributed by atoms with Crippen molar-refractivity contribution in [3.05, 3.63) is 58.7 Å². The number of hydrogen-bond acceptors (Lipinski definition) is 0. The van der Waals surface area contributed by atoms with Crippen molar-refractivity contribution in [2.45, 2.75) is 33.1 Å². The first-order valence-electron chi connectivity index (χ1n) is 7.18. The molecule has 0 unspecified atom stereocenters. The van der Waals surface area contributed by atoms with E-state index in [9.17, 15) is 0 Å². The second-order valence-electron chi connectivity index (χ2n) is 5.89. The average Bonchev–Trinajstić information content (AvgIpc) is 2.89. The zero-order valence-electron chi connectivity index (χ0n) is 11.6. The lowest BCUT2D eigenvalue weighted by atomic mass is 9.92. The van der Waals surface area contributed by atoms with Crippen LogP contribution >= 0.6 is 0 Å². The van der Waals surface area contributed by atoms with Crippen LogP contribution in [-0.2, 0) is 12.8 Å². The molecule has 3 aromatic carbocycles. The molecule has 19 heavy (non-hydrogen) atoms. The van der Waals surface area contributed by atoms with Crippen molar-refractivity contribution in [2.75, 3.05) is 0 Å². The Morgan fingerprint density at radius 2 is 1.53 bits per heavy atom. The molecule has 0 bridgehead atoms. The van der Waals surface area contributed by atoms with E-state index in [2.05, 4.69) is 50.2 Å². The van der Waals surface area contributed by atoms with Gasteiger partial charge in [-0.3, -0.25) is 0 Å². The van der Waals surface area contributed by atoms with Gasteiger partial charge in [-0.15, -0.1) is 0 Å². The number of hydrogen-bond donors (Lipinski definition) is 0. The molecular weight excluding hydrogens is 228 g/mol. The fourth-order valence-corrected chi connectivity index (χ4v) is 3.66. The molecule has 0 aromatic heterocycles. The topological polar surface area (TPSA) is 0 Å². The Hall–Kier alpha value is -1.82. The van der Waals surface area contributed by atoms with E-state index < -0.39 is 0 Å². The van der Waals surface area contributed by atoms with Crippen molar-refractivity contribution in [2.24, 2.45) is 0 Å². The molecule has 0 saturated carbocycles. The van der Waals surface area contributed by atoms with Gasteiger partial charge in [0.25, 0.3) is 0 Å². The summed E-state index contributed by atoms with van der Waals surface area (Å²) in [5.74, 6) is 0. The van der Waals surface area contributed by atoms with Crippen LogP contribution in [0, 0.1) is 13.8 Å². The van der Waals surface area contributed by atoms with Gasteiger partial charge in [-0.1, -0.05) is 42.0 Å². The molecule has 0 aliphatic heterocycles. The van der Waals surface area contributed by atoms with Gasteiger partial charge < -0.3 is 0 Å². The van der Waals surface area contributed by atoms with E-state index in [-0.39, 0.29) is 0 Å². The van der Waals surface area contributed by atoms with E-state index in [1.807, 2.05) is 0 Å². The molecule has 0 fully saturated rings. The van der Waals surface area contributed by atoms with E-state index in [4.69, 9.17) is 0 Å². The fourth-order valence-electron chi connectivity index (χ4n) is 3.66. The quantitative estimate of drug-likeness (QED) is 0.484. The highest BCUT2D eigenvalue weighted by Gasteiger charge is 2.17. The van der Waals surface area contributed by atoms with Crippen molar-refractivity contribution in [3.8, 4) is 0 Å². The van der Waals surface area contributed by atoms with Crippen LogP contribution in [0.1, 0.15) is 28.7 Å². The Labute approximate surface area is 114 Å². The Balaban J connectivity index is 2.22. The minimum atomic E-state index is 1.25. The van der Waals surface area contributed by atoms with Crippen molar-refractivity contribution >= 4 is 21.5 Å². The Bertz CT molecular complexity index is 809. The first-order valence-corrected chi connectivity index (χ1v) is 7.18. The summed E-state index contributed by atoms with van der Waals surface area (Å²) in [5.41, 5.74) is 6.05. The molecule has 0 heteroatoms. The zero-order valence-corrected chi connectivity index (χ0v) is 11.6. The maximum Gasteiger partial charge on any atom is -0.00997 e. The Morgan fingerprint density at radius 1 is 0.737 bits per heavy atom. The maximum atomic E-state index is 2.40. The summed E-state index contributed by atoms with van der Waals surface area (Å²) in [7, 11) is 0. The summed E-state index contributed by atoms with van der Waals surface area (Å²) < 4.78 is 0.